The summed E-state index contributed by atoms with van der Waals surface area (Å²) in [6, 6.07) is 13.0. The van der Waals surface area contributed by atoms with Gasteiger partial charge in [0.2, 0.25) is 0 Å². The van der Waals surface area contributed by atoms with Crippen LogP contribution in [-0.2, 0) is 33.8 Å². The van der Waals surface area contributed by atoms with Crippen LogP contribution in [0.25, 0.3) is 0 Å². The second kappa shape index (κ2) is 10.5. The Bertz CT molecular complexity index is 859. The van der Waals surface area contributed by atoms with Gasteiger partial charge in [0.25, 0.3) is 6.47 Å². The molecule has 1 aliphatic rings. The van der Waals surface area contributed by atoms with E-state index < -0.39 is 5.60 Å². The highest BCUT2D eigenvalue weighted by Gasteiger charge is 2.25. The van der Waals surface area contributed by atoms with Gasteiger partial charge in [-0.2, -0.15) is 0 Å². The molecule has 0 radical (unpaired) electrons. The molecule has 0 saturated carbocycles. The Kier molecular flexibility index (Phi) is 8.09. The topological polar surface area (TPSA) is 85.3 Å². The lowest BCUT2D eigenvalue weighted by atomic mass is 10.00. The van der Waals surface area contributed by atoms with Crippen LogP contribution in [0.3, 0.4) is 0 Å². The van der Waals surface area contributed by atoms with Gasteiger partial charge in [-0.25, -0.2) is 4.79 Å². The first-order valence-electron chi connectivity index (χ1n) is 9.68. The largest absolute Gasteiger partial charge is 0.508 e. The third-order valence-corrected chi connectivity index (χ3v) is 4.25. The zero-order chi connectivity index (χ0) is 22.1. The number of fused-ring (bicyclic) bond motifs is 1. The molecule has 7 heteroatoms. The summed E-state index contributed by atoms with van der Waals surface area (Å²) in [4.78, 5) is 22.9. The number of phenolic OH excluding ortho intramolecular Hbond substituents is 1. The van der Waals surface area contributed by atoms with E-state index in [1.807, 2.05) is 45.0 Å². The molecule has 1 amide bonds. The summed E-state index contributed by atoms with van der Waals surface area (Å²) in [7, 11) is 1.31. The summed E-state index contributed by atoms with van der Waals surface area (Å²) in [6.45, 7) is 7.59. The second-order valence-electron chi connectivity index (χ2n) is 7.87. The number of nitrogens with zero attached hydrogens (tertiary/aromatic N) is 1. The highest BCUT2D eigenvalue weighted by atomic mass is 16.6. The molecule has 2 aromatic rings. The van der Waals surface area contributed by atoms with Gasteiger partial charge in [-0.3, -0.25) is 4.79 Å². The van der Waals surface area contributed by atoms with Crippen molar-refractivity contribution in [1.82, 2.24) is 4.90 Å². The Hall–Kier alpha value is -3.22. The Morgan fingerprint density at radius 1 is 1.17 bits per heavy atom. The maximum Gasteiger partial charge on any atom is 0.410 e. The minimum absolute atomic E-state index is 0.235. The molecule has 0 atom stereocenters. The molecule has 1 aliphatic heterocycles. The van der Waals surface area contributed by atoms with Gasteiger partial charge in [0.05, 0.1) is 7.11 Å². The minimum atomic E-state index is -0.485. The molecular formula is C23H29NO6. The van der Waals surface area contributed by atoms with Gasteiger partial charge >= 0.3 is 6.09 Å². The number of carbonyl (C=O) groups is 2. The molecular weight excluding hydrogens is 386 g/mol. The third-order valence-electron chi connectivity index (χ3n) is 4.25. The number of hydrogen-bond donors (Lipinski definition) is 1. The number of phenols is 1. The van der Waals surface area contributed by atoms with Crippen molar-refractivity contribution in [2.75, 3.05) is 13.7 Å². The summed E-state index contributed by atoms with van der Waals surface area (Å²) >= 11 is 0. The van der Waals surface area contributed by atoms with E-state index in [0.29, 0.717) is 26.2 Å². The maximum absolute atomic E-state index is 12.2. The predicted octanol–water partition coefficient (Wildman–Crippen LogP) is 4.05. The van der Waals surface area contributed by atoms with Crippen LogP contribution in [-0.4, -0.2) is 41.8 Å². The molecule has 0 bridgehead atoms. The van der Waals surface area contributed by atoms with E-state index in [-0.39, 0.29) is 11.8 Å². The average Bonchev–Trinajstić information content (AvgIpc) is 2.70. The third kappa shape index (κ3) is 7.31. The van der Waals surface area contributed by atoms with E-state index in [1.165, 1.54) is 12.7 Å². The fourth-order valence-corrected chi connectivity index (χ4v) is 2.91. The second-order valence-corrected chi connectivity index (χ2v) is 7.87. The van der Waals surface area contributed by atoms with Gasteiger partial charge in [-0.05, 0) is 68.1 Å². The van der Waals surface area contributed by atoms with Crippen molar-refractivity contribution in [2.45, 2.75) is 45.9 Å². The molecule has 7 nitrogen and oxygen atoms in total. The number of amides is 1. The summed E-state index contributed by atoms with van der Waals surface area (Å²) in [5.41, 5.74) is 2.74. The number of rotatable bonds is 4. The fraction of sp³-hybridized carbons (Fsp3) is 0.391. The van der Waals surface area contributed by atoms with E-state index in [0.717, 1.165) is 23.3 Å². The molecule has 0 aliphatic carbocycles. The first-order chi connectivity index (χ1) is 14.2. The molecule has 0 spiro atoms. The fourth-order valence-electron chi connectivity index (χ4n) is 2.91. The first-order valence-corrected chi connectivity index (χ1v) is 9.68. The Labute approximate surface area is 177 Å². The normalized spacial score (nSPS) is 12.7. The van der Waals surface area contributed by atoms with Crippen molar-refractivity contribution in [1.29, 1.82) is 0 Å². The number of hydrogen-bond acceptors (Lipinski definition) is 6. The average molecular weight is 415 g/mol. The van der Waals surface area contributed by atoms with Gasteiger partial charge in [0.15, 0.2) is 0 Å². The van der Waals surface area contributed by atoms with Crippen LogP contribution in [0.15, 0.2) is 42.5 Å². The van der Waals surface area contributed by atoms with Crippen molar-refractivity contribution in [3.8, 4) is 11.5 Å². The summed E-state index contributed by atoms with van der Waals surface area (Å²) < 4.78 is 15.2. The van der Waals surface area contributed by atoms with E-state index in [2.05, 4.69) is 4.74 Å². The number of carbonyl (C=O) groups excluding carboxylic acids is 2. The van der Waals surface area contributed by atoms with E-state index >= 15 is 0 Å². The maximum atomic E-state index is 12.2. The van der Waals surface area contributed by atoms with Crippen LogP contribution < -0.4 is 4.74 Å². The smallest absolute Gasteiger partial charge is 0.410 e. The lowest BCUT2D eigenvalue weighted by molar-refractivity contribution is -0.126. The van der Waals surface area contributed by atoms with Crippen LogP contribution in [0.5, 0.6) is 11.5 Å². The van der Waals surface area contributed by atoms with Crippen LogP contribution in [0, 0.1) is 0 Å². The van der Waals surface area contributed by atoms with Crippen molar-refractivity contribution in [3.63, 3.8) is 0 Å². The highest BCUT2D eigenvalue weighted by Crippen LogP contribution is 2.26. The molecule has 0 aromatic heterocycles. The van der Waals surface area contributed by atoms with Crippen LogP contribution in [0.4, 0.5) is 4.79 Å². The number of aromatic hydroxyl groups is 1. The van der Waals surface area contributed by atoms with Crippen molar-refractivity contribution in [2.24, 2.45) is 0 Å². The van der Waals surface area contributed by atoms with Crippen molar-refractivity contribution < 1.29 is 28.9 Å². The molecule has 3 rings (SSSR count). The molecule has 30 heavy (non-hydrogen) atoms. The first kappa shape index (κ1) is 23.1. The molecule has 0 saturated heterocycles. The van der Waals surface area contributed by atoms with E-state index in [4.69, 9.17) is 14.3 Å². The summed E-state index contributed by atoms with van der Waals surface area (Å²) in [6.07, 6.45) is 0.505. The lowest BCUT2D eigenvalue weighted by Crippen LogP contribution is -2.39. The monoisotopic (exact) mass is 415 g/mol. The van der Waals surface area contributed by atoms with E-state index in [9.17, 15) is 9.90 Å². The Morgan fingerprint density at radius 3 is 2.53 bits per heavy atom. The summed E-state index contributed by atoms with van der Waals surface area (Å²) in [5.74, 6) is 1.02. The SMILES string of the molecule is CC(C)(C)OC(=O)N1CCc2cc(OCc3cccc(O)c3)ccc2C1.COC=O. The molecule has 1 heterocycles. The highest BCUT2D eigenvalue weighted by molar-refractivity contribution is 5.68. The lowest BCUT2D eigenvalue weighted by Gasteiger charge is -2.31. The number of ether oxygens (including phenoxy) is 3. The molecule has 0 fully saturated rings. The Morgan fingerprint density at radius 2 is 1.90 bits per heavy atom. The van der Waals surface area contributed by atoms with Crippen LogP contribution in [0.1, 0.15) is 37.5 Å². The molecule has 0 unspecified atom stereocenters. The van der Waals surface area contributed by atoms with E-state index in [1.54, 1.807) is 23.1 Å². The van der Waals surface area contributed by atoms with Crippen molar-refractivity contribution >= 4 is 12.6 Å². The summed E-state index contributed by atoms with van der Waals surface area (Å²) in [5, 5.41) is 9.51. The van der Waals surface area contributed by atoms with Crippen LogP contribution >= 0.6 is 0 Å². The van der Waals surface area contributed by atoms with Gasteiger partial charge < -0.3 is 24.2 Å². The van der Waals surface area contributed by atoms with Crippen molar-refractivity contribution in [3.05, 3.63) is 59.2 Å². The predicted molar refractivity (Wildman–Crippen MR) is 112 cm³/mol. The number of methoxy groups -OCH3 is 1. The van der Waals surface area contributed by atoms with Crippen LogP contribution in [0.2, 0.25) is 0 Å². The molecule has 162 valence electrons. The van der Waals surface area contributed by atoms with Gasteiger partial charge in [-0.1, -0.05) is 18.2 Å². The zero-order valence-electron chi connectivity index (χ0n) is 17.9. The zero-order valence-corrected chi connectivity index (χ0v) is 17.9. The van der Waals surface area contributed by atoms with Gasteiger partial charge in [-0.15, -0.1) is 0 Å². The molecule has 2 aromatic carbocycles. The quantitative estimate of drug-likeness (QED) is 0.758. The minimum Gasteiger partial charge on any atom is -0.508 e. The standard InChI is InChI=1S/C21H25NO4.C2H4O2/c1-21(2,3)26-20(24)22-10-9-16-12-19(8-7-17(16)13-22)25-14-15-5-4-6-18(23)11-15;1-4-2-3/h4-8,11-12,23H,9-10,13-14H2,1-3H3;2H,1H3. The molecule has 1 N–H and O–H groups in total. The van der Waals surface area contributed by atoms with Gasteiger partial charge in [0.1, 0.15) is 23.7 Å². The number of benzene rings is 2. The Balaban J connectivity index is 0.000000735. The van der Waals surface area contributed by atoms with Gasteiger partial charge in [0, 0.05) is 13.1 Å².